The molecular weight excluding hydrogens is 246 g/mol. The summed E-state index contributed by atoms with van der Waals surface area (Å²) in [6.45, 7) is 3.37. The highest BCUT2D eigenvalue weighted by molar-refractivity contribution is 8.09. The zero-order valence-corrected chi connectivity index (χ0v) is 9.76. The van der Waals surface area contributed by atoms with Crippen molar-refractivity contribution in [2.24, 2.45) is 0 Å². The minimum Gasteiger partial charge on any atom is -0.0873 e. The lowest BCUT2D eigenvalue weighted by molar-refractivity contribution is 1.67. The topological polar surface area (TPSA) is 0 Å². The van der Waals surface area contributed by atoms with Gasteiger partial charge in [0.15, 0.2) is 0 Å². The van der Waals surface area contributed by atoms with Crippen molar-refractivity contribution in [2.75, 3.05) is 0 Å². The lowest BCUT2D eigenvalue weighted by atomic mass is 10.7. The molecule has 0 aliphatic carbocycles. The monoisotopic (exact) mass is 250 g/mol. The lowest BCUT2D eigenvalue weighted by Crippen LogP contribution is -1.69. The van der Waals surface area contributed by atoms with Crippen LogP contribution >= 0.6 is 58.2 Å². The molecule has 0 unspecified atom stereocenters. The summed E-state index contributed by atoms with van der Waals surface area (Å²) in [5, 5.41) is 1.01. The predicted molar refractivity (Wildman–Crippen MR) is 56.4 cm³/mol. The lowest BCUT2D eigenvalue weighted by Gasteiger charge is -1.98. The SMILES string of the molecule is CC(Cl)=C(Cl)SC(Cl)=C(C)Cl. The Balaban J connectivity index is 4.30. The van der Waals surface area contributed by atoms with Crippen molar-refractivity contribution >= 4 is 58.2 Å². The number of hydrogen-bond donors (Lipinski definition) is 0. The van der Waals surface area contributed by atoms with Crippen molar-refractivity contribution in [1.29, 1.82) is 0 Å². The first-order valence-electron chi connectivity index (χ1n) is 2.66. The maximum absolute atomic E-state index is 5.69. The molecule has 5 heteroatoms. The summed E-state index contributed by atoms with van der Waals surface area (Å²) in [6, 6.07) is 0. The minimum atomic E-state index is 0.441. The third kappa shape index (κ3) is 5.26. The fourth-order valence-electron chi connectivity index (χ4n) is 0.219. The van der Waals surface area contributed by atoms with E-state index in [9.17, 15) is 0 Å². The maximum atomic E-state index is 5.69. The minimum absolute atomic E-state index is 0.441. The largest absolute Gasteiger partial charge is 0.0933 e. The van der Waals surface area contributed by atoms with Crippen LogP contribution in [0.2, 0.25) is 0 Å². The van der Waals surface area contributed by atoms with E-state index in [0.717, 1.165) is 11.8 Å². The summed E-state index contributed by atoms with van der Waals surface area (Å²) in [5.41, 5.74) is 0. The van der Waals surface area contributed by atoms with Crippen LogP contribution in [0.1, 0.15) is 13.8 Å². The van der Waals surface area contributed by atoms with Gasteiger partial charge in [0.25, 0.3) is 0 Å². The van der Waals surface area contributed by atoms with E-state index in [0.29, 0.717) is 18.8 Å². The van der Waals surface area contributed by atoms with Crippen LogP contribution in [-0.2, 0) is 0 Å². The van der Waals surface area contributed by atoms with Crippen molar-refractivity contribution in [3.05, 3.63) is 18.8 Å². The molecule has 0 N–H and O–H groups in total. The Morgan fingerprint density at radius 2 is 1.09 bits per heavy atom. The first-order valence-corrected chi connectivity index (χ1v) is 4.99. The fraction of sp³-hybridized carbons (Fsp3) is 0.333. The molecular formula is C6H6Cl4S. The zero-order valence-electron chi connectivity index (χ0n) is 5.92. The molecule has 0 rings (SSSR count). The summed E-state index contributed by atoms with van der Waals surface area (Å²) in [5.74, 6) is 0. The van der Waals surface area contributed by atoms with E-state index >= 15 is 0 Å². The van der Waals surface area contributed by atoms with E-state index in [2.05, 4.69) is 0 Å². The van der Waals surface area contributed by atoms with Gasteiger partial charge in [-0.3, -0.25) is 0 Å². The summed E-state index contributed by atoms with van der Waals surface area (Å²) in [7, 11) is 0. The molecule has 0 bridgehead atoms. The summed E-state index contributed by atoms with van der Waals surface area (Å²) >= 11 is 23.7. The Labute approximate surface area is 90.5 Å². The number of allylic oxidation sites excluding steroid dienone is 2. The Hall–Kier alpha value is 0.990. The van der Waals surface area contributed by atoms with Crippen molar-refractivity contribution in [2.45, 2.75) is 13.8 Å². The van der Waals surface area contributed by atoms with Crippen LogP contribution in [0.5, 0.6) is 0 Å². The molecule has 0 aliphatic heterocycles. The molecule has 0 amide bonds. The normalized spacial score (nSPS) is 15.8. The van der Waals surface area contributed by atoms with Gasteiger partial charge >= 0.3 is 0 Å². The molecule has 0 fully saturated rings. The van der Waals surface area contributed by atoms with Gasteiger partial charge in [-0.2, -0.15) is 0 Å². The second kappa shape index (κ2) is 5.60. The van der Waals surface area contributed by atoms with Crippen LogP contribution in [0.3, 0.4) is 0 Å². The fourth-order valence-corrected chi connectivity index (χ4v) is 1.47. The number of hydrogen-bond acceptors (Lipinski definition) is 1. The Kier molecular flexibility index (Phi) is 6.11. The average molecular weight is 252 g/mol. The van der Waals surface area contributed by atoms with Crippen molar-refractivity contribution in [3.8, 4) is 0 Å². The van der Waals surface area contributed by atoms with Gasteiger partial charge in [0.05, 0.1) is 8.73 Å². The molecule has 0 heterocycles. The molecule has 64 valence electrons. The Morgan fingerprint density at radius 1 is 0.818 bits per heavy atom. The van der Waals surface area contributed by atoms with Gasteiger partial charge in [-0.25, -0.2) is 0 Å². The standard InChI is InChI=1S/C6H6Cl4S/c1-3(7)5(9)11-6(10)4(2)8/h1-2H3. The molecule has 0 aromatic carbocycles. The van der Waals surface area contributed by atoms with Gasteiger partial charge < -0.3 is 0 Å². The molecule has 0 saturated heterocycles. The smallest absolute Gasteiger partial charge is 0.0873 e. The van der Waals surface area contributed by atoms with E-state index in [4.69, 9.17) is 46.4 Å². The van der Waals surface area contributed by atoms with Crippen LogP contribution in [0, 0.1) is 0 Å². The predicted octanol–water partition coefficient (Wildman–Crippen LogP) is 5.05. The second-order valence-corrected chi connectivity index (χ2v) is 5.08. The Morgan fingerprint density at radius 3 is 1.27 bits per heavy atom. The summed E-state index contributed by atoms with van der Waals surface area (Å²) in [4.78, 5) is 0. The Bertz CT molecular complexity index is 177. The molecule has 0 radical (unpaired) electrons. The summed E-state index contributed by atoms with van der Waals surface area (Å²) < 4.78 is 0.883. The molecule has 0 nitrogen and oxygen atoms in total. The van der Waals surface area contributed by atoms with Gasteiger partial charge in [-0.1, -0.05) is 58.2 Å². The van der Waals surface area contributed by atoms with E-state index in [1.54, 1.807) is 13.8 Å². The highest BCUT2D eigenvalue weighted by Crippen LogP contribution is 2.36. The maximum Gasteiger partial charge on any atom is 0.0933 e. The molecule has 0 atom stereocenters. The van der Waals surface area contributed by atoms with E-state index in [-0.39, 0.29) is 0 Å². The van der Waals surface area contributed by atoms with Gasteiger partial charge in [0.1, 0.15) is 0 Å². The first-order chi connectivity index (χ1) is 4.95. The molecule has 0 aliphatic rings. The molecule has 0 aromatic rings. The van der Waals surface area contributed by atoms with Crippen molar-refractivity contribution in [3.63, 3.8) is 0 Å². The van der Waals surface area contributed by atoms with Crippen LogP contribution < -0.4 is 0 Å². The van der Waals surface area contributed by atoms with Crippen LogP contribution in [0.4, 0.5) is 0 Å². The molecule has 0 aromatic heterocycles. The van der Waals surface area contributed by atoms with Crippen LogP contribution in [-0.4, -0.2) is 0 Å². The number of halogens is 4. The van der Waals surface area contributed by atoms with Crippen molar-refractivity contribution in [1.82, 2.24) is 0 Å². The second-order valence-electron chi connectivity index (χ2n) is 1.72. The van der Waals surface area contributed by atoms with Gasteiger partial charge in [0, 0.05) is 10.1 Å². The van der Waals surface area contributed by atoms with Gasteiger partial charge in [0.2, 0.25) is 0 Å². The van der Waals surface area contributed by atoms with E-state index in [1.165, 1.54) is 0 Å². The third-order valence-corrected chi connectivity index (χ3v) is 3.52. The third-order valence-electron chi connectivity index (χ3n) is 0.721. The summed E-state index contributed by atoms with van der Waals surface area (Å²) in [6.07, 6.45) is 0. The molecule has 0 saturated carbocycles. The van der Waals surface area contributed by atoms with Crippen molar-refractivity contribution < 1.29 is 0 Å². The first kappa shape index (κ1) is 12.0. The van der Waals surface area contributed by atoms with E-state index < -0.39 is 0 Å². The van der Waals surface area contributed by atoms with Crippen LogP contribution in [0.15, 0.2) is 18.8 Å². The van der Waals surface area contributed by atoms with Gasteiger partial charge in [-0.15, -0.1) is 0 Å². The highest BCUT2D eigenvalue weighted by Gasteiger charge is 2.03. The number of rotatable bonds is 2. The number of thioether (sulfide) groups is 1. The quantitative estimate of drug-likeness (QED) is 0.662. The zero-order chi connectivity index (χ0) is 9.02. The van der Waals surface area contributed by atoms with Gasteiger partial charge in [-0.05, 0) is 13.8 Å². The van der Waals surface area contributed by atoms with Crippen LogP contribution in [0.25, 0.3) is 0 Å². The average Bonchev–Trinajstić information content (AvgIpc) is 1.87. The molecule has 11 heavy (non-hydrogen) atoms. The van der Waals surface area contributed by atoms with E-state index in [1.807, 2.05) is 0 Å². The molecule has 0 spiro atoms. The highest BCUT2D eigenvalue weighted by atomic mass is 35.5.